The quantitative estimate of drug-likeness (QED) is 0.207. The van der Waals surface area contributed by atoms with Crippen LogP contribution in [0, 0.1) is 11.8 Å². The Morgan fingerprint density at radius 2 is 2.28 bits per heavy atom. The van der Waals surface area contributed by atoms with Crippen molar-refractivity contribution in [1.82, 2.24) is 9.97 Å². The van der Waals surface area contributed by atoms with Crippen LogP contribution in [0.1, 0.15) is 12.0 Å². The van der Waals surface area contributed by atoms with Gasteiger partial charge in [0.05, 0.1) is 5.52 Å². The molecule has 18 heavy (non-hydrogen) atoms. The van der Waals surface area contributed by atoms with Crippen molar-refractivity contribution in [2.45, 2.75) is 6.42 Å². The lowest BCUT2D eigenvalue weighted by atomic mass is 10.1. The van der Waals surface area contributed by atoms with Crippen molar-refractivity contribution in [1.29, 1.82) is 0 Å². The molecule has 5 nitrogen and oxygen atoms in total. The Hall–Kier alpha value is -2.28. The van der Waals surface area contributed by atoms with Gasteiger partial charge in [-0.05, 0) is 23.7 Å². The molecule has 0 aliphatic rings. The number of aromatic nitrogens is 2. The van der Waals surface area contributed by atoms with E-state index < -0.39 is 0 Å². The number of azide groups is 1. The lowest BCUT2D eigenvalue weighted by molar-refractivity contribution is 1.01. The van der Waals surface area contributed by atoms with Crippen molar-refractivity contribution < 1.29 is 0 Å². The Morgan fingerprint density at radius 1 is 1.39 bits per heavy atom. The van der Waals surface area contributed by atoms with Gasteiger partial charge in [-0.1, -0.05) is 28.6 Å². The monoisotopic (exact) mass is 257 g/mol. The number of hydrogen-bond acceptors (Lipinski definition) is 3. The molecule has 0 amide bonds. The first-order chi connectivity index (χ1) is 8.81. The van der Waals surface area contributed by atoms with E-state index in [4.69, 9.17) is 17.1 Å². The SMILES string of the molecule is [N-]=[N+]=NCCC#Cc1ccc2ncnc(Cl)c2c1. The second-order valence-electron chi connectivity index (χ2n) is 3.40. The normalized spacial score (nSPS) is 9.39. The minimum atomic E-state index is 0.376. The number of fused-ring (bicyclic) bond motifs is 1. The molecule has 1 aromatic carbocycles. The molecule has 1 heterocycles. The van der Waals surface area contributed by atoms with E-state index >= 15 is 0 Å². The highest BCUT2D eigenvalue weighted by Crippen LogP contribution is 2.19. The van der Waals surface area contributed by atoms with Crippen molar-refractivity contribution >= 4 is 22.5 Å². The van der Waals surface area contributed by atoms with Crippen LogP contribution in [0.2, 0.25) is 5.15 Å². The van der Waals surface area contributed by atoms with E-state index in [0.29, 0.717) is 18.1 Å². The molecule has 0 fully saturated rings. The topological polar surface area (TPSA) is 74.5 Å². The lowest BCUT2D eigenvalue weighted by Gasteiger charge is -1.98. The molecule has 0 saturated heterocycles. The fourth-order valence-electron chi connectivity index (χ4n) is 1.42. The summed E-state index contributed by atoms with van der Waals surface area (Å²) in [4.78, 5) is 10.7. The summed E-state index contributed by atoms with van der Waals surface area (Å²) in [6.45, 7) is 0.376. The maximum Gasteiger partial charge on any atom is 0.140 e. The fraction of sp³-hybridized carbons (Fsp3) is 0.167. The fourth-order valence-corrected chi connectivity index (χ4v) is 1.61. The zero-order valence-electron chi connectivity index (χ0n) is 9.34. The average Bonchev–Trinajstić information content (AvgIpc) is 2.39. The lowest BCUT2D eigenvalue weighted by Crippen LogP contribution is -1.85. The molecular weight excluding hydrogens is 250 g/mol. The van der Waals surface area contributed by atoms with E-state index in [2.05, 4.69) is 31.8 Å². The van der Waals surface area contributed by atoms with Gasteiger partial charge in [0.1, 0.15) is 11.5 Å². The summed E-state index contributed by atoms with van der Waals surface area (Å²) in [6.07, 6.45) is 1.96. The third kappa shape index (κ3) is 2.89. The van der Waals surface area contributed by atoms with Gasteiger partial charge in [0.2, 0.25) is 0 Å². The number of hydrogen-bond donors (Lipinski definition) is 0. The maximum absolute atomic E-state index is 8.11. The number of rotatable bonds is 2. The Labute approximate surface area is 108 Å². The van der Waals surface area contributed by atoms with Gasteiger partial charge in [-0.3, -0.25) is 0 Å². The van der Waals surface area contributed by atoms with Crippen molar-refractivity contribution in [3.8, 4) is 11.8 Å². The summed E-state index contributed by atoms with van der Waals surface area (Å²) >= 11 is 5.98. The zero-order chi connectivity index (χ0) is 12.8. The first kappa shape index (κ1) is 12.2. The molecule has 0 spiro atoms. The number of benzene rings is 1. The minimum Gasteiger partial charge on any atom is -0.236 e. The van der Waals surface area contributed by atoms with Crippen LogP contribution in [0.25, 0.3) is 21.3 Å². The summed E-state index contributed by atoms with van der Waals surface area (Å²) in [5, 5.41) is 4.60. The zero-order valence-corrected chi connectivity index (χ0v) is 10.1. The van der Waals surface area contributed by atoms with Crippen molar-refractivity contribution in [3.63, 3.8) is 0 Å². The third-order valence-corrected chi connectivity index (χ3v) is 2.52. The number of halogens is 1. The molecule has 2 aromatic rings. The molecule has 6 heteroatoms. The highest BCUT2D eigenvalue weighted by atomic mass is 35.5. The first-order valence-electron chi connectivity index (χ1n) is 5.21. The number of nitrogens with zero attached hydrogens (tertiary/aromatic N) is 5. The predicted octanol–water partition coefficient (Wildman–Crippen LogP) is 3.34. The molecular formula is C12H8ClN5. The molecule has 0 aliphatic carbocycles. The van der Waals surface area contributed by atoms with Crippen molar-refractivity contribution in [3.05, 3.63) is 45.7 Å². The van der Waals surface area contributed by atoms with Gasteiger partial charge in [-0.2, -0.15) is 0 Å². The maximum atomic E-state index is 8.11. The molecule has 0 atom stereocenters. The van der Waals surface area contributed by atoms with Crippen molar-refractivity contribution in [2.75, 3.05) is 6.54 Å². The average molecular weight is 258 g/mol. The van der Waals surface area contributed by atoms with E-state index in [-0.39, 0.29) is 0 Å². The van der Waals surface area contributed by atoms with Gasteiger partial charge in [0.25, 0.3) is 0 Å². The van der Waals surface area contributed by atoms with Crippen LogP contribution < -0.4 is 0 Å². The van der Waals surface area contributed by atoms with Crippen LogP contribution in [-0.4, -0.2) is 16.5 Å². The van der Waals surface area contributed by atoms with Crippen molar-refractivity contribution in [2.24, 2.45) is 5.11 Å². The van der Waals surface area contributed by atoms with Gasteiger partial charge in [0.15, 0.2) is 0 Å². The van der Waals surface area contributed by atoms with Gasteiger partial charge < -0.3 is 0 Å². The molecule has 88 valence electrons. The summed E-state index contributed by atoms with van der Waals surface area (Å²) < 4.78 is 0. The Balaban J connectivity index is 2.24. The van der Waals surface area contributed by atoms with E-state index in [9.17, 15) is 0 Å². The molecule has 0 saturated carbocycles. The Morgan fingerprint density at radius 3 is 3.11 bits per heavy atom. The van der Waals surface area contributed by atoms with E-state index in [1.165, 1.54) is 6.33 Å². The summed E-state index contributed by atoms with van der Waals surface area (Å²) in [7, 11) is 0. The molecule has 0 bridgehead atoms. The second kappa shape index (κ2) is 5.87. The molecule has 1 aromatic heterocycles. The molecule has 0 N–H and O–H groups in total. The van der Waals surface area contributed by atoms with Crippen LogP contribution in [-0.2, 0) is 0 Å². The minimum absolute atomic E-state index is 0.376. The standard InChI is InChI=1S/C12H8ClN5/c13-12-10-7-9(3-1-2-6-17-18-14)4-5-11(10)15-8-16-12/h4-5,7-8H,2,6H2. The summed E-state index contributed by atoms with van der Waals surface area (Å²) in [6, 6.07) is 5.56. The Bertz CT molecular complexity index is 680. The van der Waals surface area contributed by atoms with Crippen LogP contribution in [0.4, 0.5) is 0 Å². The van der Waals surface area contributed by atoms with Crippen LogP contribution in [0.15, 0.2) is 29.6 Å². The molecule has 0 aliphatic heterocycles. The van der Waals surface area contributed by atoms with Gasteiger partial charge in [-0.25, -0.2) is 9.97 Å². The summed E-state index contributed by atoms with van der Waals surface area (Å²) in [5.74, 6) is 5.90. The van der Waals surface area contributed by atoms with Gasteiger partial charge in [0, 0.05) is 28.8 Å². The van der Waals surface area contributed by atoms with Gasteiger partial charge >= 0.3 is 0 Å². The highest BCUT2D eigenvalue weighted by Gasteiger charge is 2.00. The molecule has 0 radical (unpaired) electrons. The van der Waals surface area contributed by atoms with E-state index in [1.807, 2.05) is 18.2 Å². The largest absolute Gasteiger partial charge is 0.236 e. The molecule has 0 unspecified atom stereocenters. The highest BCUT2D eigenvalue weighted by molar-refractivity contribution is 6.34. The summed E-state index contributed by atoms with van der Waals surface area (Å²) in [5.41, 5.74) is 9.73. The van der Waals surface area contributed by atoms with Crippen LogP contribution >= 0.6 is 11.6 Å². The first-order valence-corrected chi connectivity index (χ1v) is 5.59. The Kier molecular flexibility index (Phi) is 3.98. The van der Waals surface area contributed by atoms with E-state index in [1.54, 1.807) is 0 Å². The van der Waals surface area contributed by atoms with E-state index in [0.717, 1.165) is 16.5 Å². The van der Waals surface area contributed by atoms with Gasteiger partial charge in [-0.15, -0.1) is 0 Å². The van der Waals surface area contributed by atoms with Crippen LogP contribution in [0.3, 0.4) is 0 Å². The smallest absolute Gasteiger partial charge is 0.140 e. The third-order valence-electron chi connectivity index (χ3n) is 2.22. The molecule has 2 rings (SSSR count). The predicted molar refractivity (Wildman–Crippen MR) is 70.1 cm³/mol. The van der Waals surface area contributed by atoms with Crippen LogP contribution in [0.5, 0.6) is 0 Å². The second-order valence-corrected chi connectivity index (χ2v) is 3.76.